The fraction of sp³-hybridized carbons (Fsp3) is 0.517. The molecule has 0 aromatic heterocycles. The quantitative estimate of drug-likeness (QED) is 0.466. The molecule has 5 heteroatoms. The summed E-state index contributed by atoms with van der Waals surface area (Å²) in [5.41, 5.74) is 3.96. The van der Waals surface area contributed by atoms with E-state index in [0.717, 1.165) is 48.2 Å². The smallest absolute Gasteiger partial charge is 0.230 e. The van der Waals surface area contributed by atoms with E-state index in [0.29, 0.717) is 12.5 Å². The zero-order chi connectivity index (χ0) is 24.8. The number of anilines is 2. The van der Waals surface area contributed by atoms with Crippen LogP contribution < -0.4 is 10.2 Å². The minimum atomic E-state index is -0.174. The largest absolute Gasteiger partial charge is 0.377 e. The van der Waals surface area contributed by atoms with Gasteiger partial charge in [-0.2, -0.15) is 0 Å². The van der Waals surface area contributed by atoms with Crippen molar-refractivity contribution in [2.45, 2.75) is 71.9 Å². The monoisotopic (exact) mass is 463 g/mol. The lowest BCUT2D eigenvalue weighted by molar-refractivity contribution is -0.136. The van der Waals surface area contributed by atoms with Crippen LogP contribution in [0, 0.1) is 11.8 Å². The molecule has 0 heterocycles. The van der Waals surface area contributed by atoms with E-state index in [-0.39, 0.29) is 29.7 Å². The Balaban J connectivity index is 1.93. The van der Waals surface area contributed by atoms with E-state index in [4.69, 9.17) is 0 Å². The summed E-state index contributed by atoms with van der Waals surface area (Å²) in [6.07, 6.45) is 3.83. The lowest BCUT2D eigenvalue weighted by Gasteiger charge is -2.36. The van der Waals surface area contributed by atoms with Crippen LogP contribution in [0.4, 0.5) is 11.4 Å². The second-order valence-electron chi connectivity index (χ2n) is 10.2. The van der Waals surface area contributed by atoms with Crippen molar-refractivity contribution >= 4 is 23.2 Å². The molecule has 2 aromatic rings. The number of amides is 2. The van der Waals surface area contributed by atoms with Crippen molar-refractivity contribution in [3.05, 3.63) is 59.7 Å². The van der Waals surface area contributed by atoms with E-state index in [2.05, 4.69) is 37.9 Å². The van der Waals surface area contributed by atoms with Crippen LogP contribution in [-0.4, -0.2) is 36.9 Å². The van der Waals surface area contributed by atoms with Gasteiger partial charge in [0.1, 0.15) is 0 Å². The number of nitrogens with one attached hydrogen (secondary N) is 1. The van der Waals surface area contributed by atoms with Gasteiger partial charge in [0.15, 0.2) is 0 Å². The first-order valence-electron chi connectivity index (χ1n) is 12.7. The third kappa shape index (κ3) is 5.99. The number of benzene rings is 2. The Labute approximate surface area is 205 Å². The van der Waals surface area contributed by atoms with Crippen molar-refractivity contribution in [2.24, 2.45) is 11.8 Å². The minimum Gasteiger partial charge on any atom is -0.377 e. The van der Waals surface area contributed by atoms with Crippen LogP contribution in [0.5, 0.6) is 0 Å². The van der Waals surface area contributed by atoms with Crippen molar-refractivity contribution < 1.29 is 9.59 Å². The maximum Gasteiger partial charge on any atom is 0.230 e. The molecule has 0 radical (unpaired) electrons. The average molecular weight is 464 g/mol. The number of carbonyl (C=O) groups excluding carboxylic acids is 2. The van der Waals surface area contributed by atoms with Crippen LogP contribution in [0.1, 0.15) is 70.4 Å². The van der Waals surface area contributed by atoms with Gasteiger partial charge in [0.2, 0.25) is 11.8 Å². The number of hydrogen-bond acceptors (Lipinski definition) is 3. The van der Waals surface area contributed by atoms with Gasteiger partial charge in [-0.3, -0.25) is 9.59 Å². The van der Waals surface area contributed by atoms with Gasteiger partial charge in [0, 0.05) is 44.0 Å². The van der Waals surface area contributed by atoms with Crippen molar-refractivity contribution in [2.75, 3.05) is 24.3 Å². The summed E-state index contributed by atoms with van der Waals surface area (Å²) < 4.78 is 0. The van der Waals surface area contributed by atoms with Crippen LogP contribution >= 0.6 is 0 Å². The molecule has 1 aliphatic carbocycles. The molecule has 184 valence electrons. The Morgan fingerprint density at radius 2 is 1.71 bits per heavy atom. The van der Waals surface area contributed by atoms with Gasteiger partial charge in [0.05, 0.1) is 5.92 Å². The third-order valence-corrected chi connectivity index (χ3v) is 7.29. The highest BCUT2D eigenvalue weighted by Gasteiger charge is 2.30. The van der Waals surface area contributed by atoms with E-state index < -0.39 is 0 Å². The number of hydrogen-bond donors (Lipinski definition) is 1. The average Bonchev–Trinajstić information content (AvgIpc) is 2.76. The summed E-state index contributed by atoms with van der Waals surface area (Å²) >= 11 is 0. The first-order valence-corrected chi connectivity index (χ1v) is 12.7. The molecule has 0 bridgehead atoms. The van der Waals surface area contributed by atoms with Gasteiger partial charge >= 0.3 is 0 Å². The van der Waals surface area contributed by atoms with Crippen LogP contribution in [0.25, 0.3) is 0 Å². The van der Waals surface area contributed by atoms with Crippen LogP contribution in [-0.2, 0) is 16.1 Å². The normalized spacial score (nSPS) is 15.4. The Hall–Kier alpha value is -2.82. The number of rotatable bonds is 10. The van der Waals surface area contributed by atoms with Gasteiger partial charge in [-0.15, -0.1) is 0 Å². The van der Waals surface area contributed by atoms with Crippen LogP contribution in [0.15, 0.2) is 48.5 Å². The number of carbonyl (C=O) groups is 2. The molecule has 0 saturated heterocycles. The molecule has 0 unspecified atom stereocenters. The maximum atomic E-state index is 13.9. The Bertz CT molecular complexity index is 967. The molecule has 2 amide bonds. The second-order valence-corrected chi connectivity index (χ2v) is 10.2. The van der Waals surface area contributed by atoms with E-state index in [1.807, 2.05) is 67.5 Å². The predicted octanol–water partition coefficient (Wildman–Crippen LogP) is 6.06. The van der Waals surface area contributed by atoms with Crippen molar-refractivity contribution in [3.8, 4) is 0 Å². The molecule has 34 heavy (non-hydrogen) atoms. The molecule has 0 aliphatic heterocycles. The SMILES string of the molecule is CC[C@H](C(=O)N(Cc1cc(NC(=O)C2CCC2)ccc1N(C)C)[C@@H](C)C(C)C)c1ccccc1. The molecule has 5 nitrogen and oxygen atoms in total. The Morgan fingerprint density at radius 1 is 1.03 bits per heavy atom. The lowest BCUT2D eigenvalue weighted by atomic mass is 9.85. The zero-order valence-electron chi connectivity index (χ0n) is 21.7. The molecular weight excluding hydrogens is 422 g/mol. The van der Waals surface area contributed by atoms with E-state index >= 15 is 0 Å². The molecule has 1 N–H and O–H groups in total. The maximum absolute atomic E-state index is 13.9. The Morgan fingerprint density at radius 3 is 2.24 bits per heavy atom. The minimum absolute atomic E-state index is 0.0773. The van der Waals surface area contributed by atoms with Crippen molar-refractivity contribution in [3.63, 3.8) is 0 Å². The topological polar surface area (TPSA) is 52.7 Å². The van der Waals surface area contributed by atoms with Gasteiger partial charge in [-0.1, -0.05) is 57.5 Å². The van der Waals surface area contributed by atoms with Gasteiger partial charge in [-0.05, 0) is 61.4 Å². The summed E-state index contributed by atoms with van der Waals surface area (Å²) in [6.45, 7) is 9.04. The molecule has 0 spiro atoms. The highest BCUT2D eigenvalue weighted by molar-refractivity contribution is 5.93. The molecule has 1 saturated carbocycles. The summed E-state index contributed by atoms with van der Waals surface area (Å²) in [5.74, 6) is 0.539. The highest BCUT2D eigenvalue weighted by atomic mass is 16.2. The summed E-state index contributed by atoms with van der Waals surface area (Å²) in [6, 6.07) is 16.2. The van der Waals surface area contributed by atoms with Crippen LogP contribution in [0.2, 0.25) is 0 Å². The summed E-state index contributed by atoms with van der Waals surface area (Å²) in [4.78, 5) is 30.6. The van der Waals surface area contributed by atoms with Crippen molar-refractivity contribution in [1.29, 1.82) is 0 Å². The molecule has 2 aromatic carbocycles. The lowest BCUT2D eigenvalue weighted by Crippen LogP contribution is -2.43. The molecule has 1 fully saturated rings. The summed E-state index contributed by atoms with van der Waals surface area (Å²) in [5, 5.41) is 3.10. The molecular formula is C29H41N3O2. The molecule has 2 atom stereocenters. The van der Waals surface area contributed by atoms with Gasteiger partial charge in [0.25, 0.3) is 0 Å². The fourth-order valence-electron chi connectivity index (χ4n) is 4.55. The third-order valence-electron chi connectivity index (χ3n) is 7.29. The number of nitrogens with zero attached hydrogens (tertiary/aromatic N) is 2. The predicted molar refractivity (Wildman–Crippen MR) is 141 cm³/mol. The molecule has 1 aliphatic rings. The van der Waals surface area contributed by atoms with E-state index in [1.54, 1.807) is 0 Å². The van der Waals surface area contributed by atoms with E-state index in [1.165, 1.54) is 0 Å². The standard InChI is InChI=1S/C29H41N3O2/c1-7-26(22-12-9-8-10-13-22)29(34)32(21(4)20(2)3)19-24-18-25(16-17-27(24)31(5)6)30-28(33)23-14-11-15-23/h8-10,12-13,16-18,20-21,23,26H,7,11,14-15,19H2,1-6H3,(H,30,33)/t21-,26-/m0/s1. The highest BCUT2D eigenvalue weighted by Crippen LogP contribution is 2.31. The molecule has 3 rings (SSSR count). The van der Waals surface area contributed by atoms with E-state index in [9.17, 15) is 9.59 Å². The first-order chi connectivity index (χ1) is 16.2. The van der Waals surface area contributed by atoms with Gasteiger partial charge < -0.3 is 15.1 Å². The fourth-order valence-corrected chi connectivity index (χ4v) is 4.55. The van der Waals surface area contributed by atoms with Crippen LogP contribution in [0.3, 0.4) is 0 Å². The second kappa shape index (κ2) is 11.5. The van der Waals surface area contributed by atoms with Gasteiger partial charge in [-0.25, -0.2) is 0 Å². The van der Waals surface area contributed by atoms with Crippen molar-refractivity contribution in [1.82, 2.24) is 4.90 Å². The Kier molecular flexibility index (Phi) is 8.76. The summed E-state index contributed by atoms with van der Waals surface area (Å²) in [7, 11) is 4.03. The zero-order valence-corrected chi connectivity index (χ0v) is 21.7. The first kappa shape index (κ1) is 25.8.